The second kappa shape index (κ2) is 9.34. The Morgan fingerprint density at radius 1 is 1.27 bits per heavy atom. The number of benzene rings is 1. The van der Waals surface area contributed by atoms with Gasteiger partial charge in [-0.1, -0.05) is 6.07 Å². The average molecular weight is 468 g/mol. The van der Waals surface area contributed by atoms with E-state index in [2.05, 4.69) is 4.98 Å². The first kappa shape index (κ1) is 24.4. The van der Waals surface area contributed by atoms with Gasteiger partial charge in [-0.15, -0.1) is 0 Å². The number of alkyl halides is 3. The van der Waals surface area contributed by atoms with Gasteiger partial charge in [-0.2, -0.15) is 13.2 Å². The molecule has 1 aliphatic rings. The second-order valence-corrected chi connectivity index (χ2v) is 7.82. The Hall–Kier alpha value is -3.21. The number of carbonyl (C=O) groups is 2. The number of aromatic nitrogens is 1. The second-order valence-electron chi connectivity index (χ2n) is 7.82. The number of nitrogens with zero attached hydrogens (tertiary/aromatic N) is 4. The molecule has 1 aliphatic heterocycles. The van der Waals surface area contributed by atoms with Crippen molar-refractivity contribution in [2.45, 2.75) is 32.0 Å². The number of pyridine rings is 1. The maximum absolute atomic E-state index is 14.6. The molecule has 0 aliphatic carbocycles. The molecule has 0 bridgehead atoms. The van der Waals surface area contributed by atoms with Crippen LogP contribution < -0.4 is 14.7 Å². The van der Waals surface area contributed by atoms with E-state index in [4.69, 9.17) is 0 Å². The molecule has 1 atom stereocenters. The monoisotopic (exact) mass is 468 g/mol. The average Bonchev–Trinajstić information content (AvgIpc) is 3.12. The zero-order chi connectivity index (χ0) is 24.5. The van der Waals surface area contributed by atoms with E-state index in [0.29, 0.717) is 0 Å². The largest absolute Gasteiger partial charge is 0.416 e. The van der Waals surface area contributed by atoms with Gasteiger partial charge in [-0.3, -0.25) is 14.5 Å². The Morgan fingerprint density at radius 3 is 2.61 bits per heavy atom. The number of carbonyl (C=O) groups excluding carboxylic acids is 2. The van der Waals surface area contributed by atoms with E-state index in [1.165, 1.54) is 42.0 Å². The summed E-state index contributed by atoms with van der Waals surface area (Å²) in [7, 11) is 2.95. The zero-order valence-corrected chi connectivity index (χ0v) is 18.4. The molecule has 0 spiro atoms. The highest BCUT2D eigenvalue weighted by atomic mass is 19.4. The number of hydrogen-bond acceptors (Lipinski definition) is 5. The van der Waals surface area contributed by atoms with Crippen LogP contribution in [0.25, 0.3) is 0 Å². The van der Waals surface area contributed by atoms with Gasteiger partial charge >= 0.3 is 6.18 Å². The Balaban J connectivity index is 1.99. The third-order valence-corrected chi connectivity index (χ3v) is 5.49. The molecule has 1 saturated heterocycles. The molecule has 0 saturated carbocycles. The summed E-state index contributed by atoms with van der Waals surface area (Å²) in [4.78, 5) is 33.6. The van der Waals surface area contributed by atoms with Crippen LogP contribution in [0.4, 0.5) is 34.8 Å². The van der Waals surface area contributed by atoms with E-state index >= 15 is 0 Å². The molecule has 2 aromatic rings. The standard InChI is InChI=1S/C22H24F4N4O3/c1-13-11-14(22(24,25)26)12-18(27-13)30-17(7-8-19(30)32)21(33)29(3)16-6-4-5-15(23)20(16)28(2)9-10-31/h4-6,11-12,17,31H,7-10H2,1-3H3/t17-/m0/s1. The van der Waals surface area contributed by atoms with Crippen molar-refractivity contribution in [3.8, 4) is 0 Å². The molecular formula is C22H24F4N4O3. The summed E-state index contributed by atoms with van der Waals surface area (Å²) >= 11 is 0. The fourth-order valence-corrected chi connectivity index (χ4v) is 3.90. The van der Waals surface area contributed by atoms with Crippen molar-refractivity contribution in [3.63, 3.8) is 0 Å². The molecule has 2 amide bonds. The summed E-state index contributed by atoms with van der Waals surface area (Å²) in [6.07, 6.45) is -4.60. The minimum absolute atomic E-state index is 0.0400. The molecule has 1 fully saturated rings. The van der Waals surface area contributed by atoms with E-state index < -0.39 is 35.4 Å². The van der Waals surface area contributed by atoms with Crippen molar-refractivity contribution >= 4 is 29.0 Å². The van der Waals surface area contributed by atoms with E-state index in [1.54, 1.807) is 7.05 Å². The summed E-state index contributed by atoms with van der Waals surface area (Å²) in [6, 6.07) is 4.66. The summed E-state index contributed by atoms with van der Waals surface area (Å²) in [5, 5.41) is 9.22. The molecule has 1 aromatic heterocycles. The lowest BCUT2D eigenvalue weighted by atomic mass is 10.1. The van der Waals surface area contributed by atoms with Gasteiger partial charge in [-0.25, -0.2) is 9.37 Å². The molecule has 0 radical (unpaired) electrons. The highest BCUT2D eigenvalue weighted by Gasteiger charge is 2.41. The van der Waals surface area contributed by atoms with Gasteiger partial charge in [0.15, 0.2) is 0 Å². The lowest BCUT2D eigenvalue weighted by Gasteiger charge is -2.31. The quantitative estimate of drug-likeness (QED) is 0.660. The maximum atomic E-state index is 14.6. The number of aliphatic hydroxyl groups excluding tert-OH is 1. The smallest absolute Gasteiger partial charge is 0.395 e. The fourth-order valence-electron chi connectivity index (χ4n) is 3.90. The number of aryl methyl sites for hydroxylation is 1. The van der Waals surface area contributed by atoms with Gasteiger partial charge < -0.3 is 14.9 Å². The normalized spacial score (nSPS) is 16.3. The van der Waals surface area contributed by atoms with Crippen molar-refractivity contribution in [1.29, 1.82) is 0 Å². The van der Waals surface area contributed by atoms with Crippen molar-refractivity contribution in [1.82, 2.24) is 4.98 Å². The number of likely N-dealkylation sites (N-methyl/N-ethyl adjacent to an activating group) is 2. The third-order valence-electron chi connectivity index (χ3n) is 5.49. The van der Waals surface area contributed by atoms with Crippen LogP contribution in [0.15, 0.2) is 30.3 Å². The van der Waals surface area contributed by atoms with Crippen molar-refractivity contribution in [2.24, 2.45) is 0 Å². The van der Waals surface area contributed by atoms with Crippen molar-refractivity contribution in [3.05, 3.63) is 47.4 Å². The fraction of sp³-hybridized carbons (Fsp3) is 0.409. The number of anilines is 3. The van der Waals surface area contributed by atoms with Gasteiger partial charge in [0.25, 0.3) is 0 Å². The van der Waals surface area contributed by atoms with Crippen LogP contribution in [0.5, 0.6) is 0 Å². The van der Waals surface area contributed by atoms with E-state index in [1.807, 2.05) is 0 Å². The van der Waals surface area contributed by atoms with E-state index in [9.17, 15) is 32.3 Å². The Kier molecular flexibility index (Phi) is 6.92. The summed E-state index contributed by atoms with van der Waals surface area (Å²) < 4.78 is 54.5. The predicted molar refractivity (Wildman–Crippen MR) is 115 cm³/mol. The molecule has 0 unspecified atom stereocenters. The minimum Gasteiger partial charge on any atom is -0.395 e. The van der Waals surface area contributed by atoms with Crippen LogP contribution >= 0.6 is 0 Å². The zero-order valence-electron chi connectivity index (χ0n) is 18.4. The van der Waals surface area contributed by atoms with E-state index in [-0.39, 0.29) is 48.9 Å². The molecule has 3 rings (SSSR count). The maximum Gasteiger partial charge on any atom is 0.416 e. The summed E-state index contributed by atoms with van der Waals surface area (Å²) in [5.41, 5.74) is -0.644. The first-order chi connectivity index (χ1) is 15.5. The van der Waals surface area contributed by atoms with Crippen LogP contribution in [-0.4, -0.2) is 55.2 Å². The highest BCUT2D eigenvalue weighted by molar-refractivity contribution is 6.09. The lowest BCUT2D eigenvalue weighted by molar-refractivity contribution is -0.137. The molecule has 1 N–H and O–H groups in total. The van der Waals surface area contributed by atoms with Gasteiger partial charge in [0, 0.05) is 32.8 Å². The molecule has 11 heteroatoms. The molecule has 33 heavy (non-hydrogen) atoms. The van der Waals surface area contributed by atoms with Crippen molar-refractivity contribution < 1.29 is 32.3 Å². The Labute approximate surface area is 188 Å². The SMILES string of the molecule is Cc1cc(C(F)(F)F)cc(N2C(=O)CC[C@H]2C(=O)N(C)c2cccc(F)c2N(C)CCO)n1. The number of para-hydroxylation sites is 1. The van der Waals surface area contributed by atoms with Crippen molar-refractivity contribution in [2.75, 3.05) is 41.9 Å². The van der Waals surface area contributed by atoms with E-state index in [0.717, 1.165) is 17.0 Å². The topological polar surface area (TPSA) is 77.0 Å². The minimum atomic E-state index is -4.64. The van der Waals surface area contributed by atoms with Gasteiger partial charge in [-0.05, 0) is 37.6 Å². The Morgan fingerprint density at radius 2 is 1.97 bits per heavy atom. The number of rotatable bonds is 6. The first-order valence-electron chi connectivity index (χ1n) is 10.2. The van der Waals surface area contributed by atoms with Crippen LogP contribution in [0, 0.1) is 12.7 Å². The molecule has 7 nitrogen and oxygen atoms in total. The first-order valence-corrected chi connectivity index (χ1v) is 10.2. The molecule has 1 aromatic carbocycles. The molecule has 178 valence electrons. The summed E-state index contributed by atoms with van der Waals surface area (Å²) in [5.74, 6) is -1.99. The third kappa shape index (κ3) is 4.92. The Bertz CT molecular complexity index is 1060. The van der Waals surface area contributed by atoms with Crippen LogP contribution in [0.3, 0.4) is 0 Å². The van der Waals surface area contributed by atoms with Gasteiger partial charge in [0.05, 0.1) is 23.5 Å². The van der Waals surface area contributed by atoms with Crippen LogP contribution in [0.2, 0.25) is 0 Å². The van der Waals surface area contributed by atoms with Crippen LogP contribution in [0.1, 0.15) is 24.1 Å². The predicted octanol–water partition coefficient (Wildman–Crippen LogP) is 3.13. The lowest BCUT2D eigenvalue weighted by Crippen LogP contribution is -2.46. The van der Waals surface area contributed by atoms with Crippen LogP contribution in [-0.2, 0) is 15.8 Å². The van der Waals surface area contributed by atoms with Gasteiger partial charge in [0.1, 0.15) is 17.7 Å². The number of aliphatic hydroxyl groups is 1. The molecular weight excluding hydrogens is 444 g/mol. The number of hydrogen-bond donors (Lipinski definition) is 1. The molecule has 2 heterocycles. The number of halogens is 4. The highest BCUT2D eigenvalue weighted by Crippen LogP contribution is 2.36. The summed E-state index contributed by atoms with van der Waals surface area (Å²) in [6.45, 7) is 1.24. The number of amides is 2. The van der Waals surface area contributed by atoms with Gasteiger partial charge in [0.2, 0.25) is 11.8 Å².